The molecule has 1 heterocycles. The summed E-state index contributed by atoms with van der Waals surface area (Å²) in [5.74, 6) is 1.26. The predicted molar refractivity (Wildman–Crippen MR) is 108 cm³/mol. The van der Waals surface area contributed by atoms with Gasteiger partial charge in [-0.25, -0.2) is 9.98 Å². The largest absolute Gasteiger partial charge is 0.474 e. The van der Waals surface area contributed by atoms with Crippen LogP contribution >= 0.6 is 24.0 Å². The molecule has 2 fully saturated rings. The molecule has 0 atom stereocenters. The lowest BCUT2D eigenvalue weighted by atomic mass is 9.96. The SMILES string of the molecule is I.NC(=NCc1ccc(OC2CCCC2)nc1)NC1CCCCC1. The molecule has 24 heavy (non-hydrogen) atoms. The summed E-state index contributed by atoms with van der Waals surface area (Å²) < 4.78 is 5.87. The van der Waals surface area contributed by atoms with Crippen LogP contribution in [0, 0.1) is 0 Å². The van der Waals surface area contributed by atoms with Crippen LogP contribution in [0.3, 0.4) is 0 Å². The molecule has 0 aliphatic heterocycles. The van der Waals surface area contributed by atoms with Crippen LogP contribution in [0.5, 0.6) is 5.88 Å². The highest BCUT2D eigenvalue weighted by molar-refractivity contribution is 14.0. The van der Waals surface area contributed by atoms with E-state index in [0.717, 1.165) is 24.3 Å². The Labute approximate surface area is 161 Å². The number of nitrogens with zero attached hydrogens (tertiary/aromatic N) is 2. The molecule has 2 saturated carbocycles. The topological polar surface area (TPSA) is 72.5 Å². The van der Waals surface area contributed by atoms with Gasteiger partial charge >= 0.3 is 0 Å². The highest BCUT2D eigenvalue weighted by Crippen LogP contribution is 2.23. The van der Waals surface area contributed by atoms with Crippen molar-refractivity contribution in [1.29, 1.82) is 0 Å². The number of halogens is 1. The van der Waals surface area contributed by atoms with Crippen molar-refractivity contribution in [3.05, 3.63) is 23.9 Å². The molecule has 0 spiro atoms. The Morgan fingerprint density at radius 3 is 2.50 bits per heavy atom. The van der Waals surface area contributed by atoms with Crippen LogP contribution in [0.4, 0.5) is 0 Å². The number of guanidine groups is 1. The van der Waals surface area contributed by atoms with Crippen molar-refractivity contribution in [2.24, 2.45) is 10.7 Å². The van der Waals surface area contributed by atoms with Gasteiger partial charge in [-0.1, -0.05) is 25.3 Å². The molecule has 0 saturated heterocycles. The lowest BCUT2D eigenvalue weighted by molar-refractivity contribution is 0.201. The highest BCUT2D eigenvalue weighted by Gasteiger charge is 2.17. The molecule has 0 aromatic carbocycles. The van der Waals surface area contributed by atoms with Crippen molar-refractivity contribution in [1.82, 2.24) is 10.3 Å². The molecule has 2 aliphatic rings. The number of aromatic nitrogens is 1. The lowest BCUT2D eigenvalue weighted by Gasteiger charge is -2.23. The molecule has 1 aromatic rings. The maximum atomic E-state index is 5.98. The zero-order valence-corrected chi connectivity index (χ0v) is 16.6. The van der Waals surface area contributed by atoms with Crippen molar-refractivity contribution in [3.8, 4) is 5.88 Å². The summed E-state index contributed by atoms with van der Waals surface area (Å²) in [6.07, 6.45) is 13.3. The summed E-state index contributed by atoms with van der Waals surface area (Å²) in [4.78, 5) is 8.81. The number of aliphatic imine (C=N–C) groups is 1. The van der Waals surface area contributed by atoms with Crippen LogP contribution in [0.1, 0.15) is 63.4 Å². The third-order valence-corrected chi connectivity index (χ3v) is 4.78. The van der Waals surface area contributed by atoms with E-state index in [9.17, 15) is 0 Å². The third kappa shape index (κ3) is 6.11. The van der Waals surface area contributed by atoms with Crippen LogP contribution in [0.2, 0.25) is 0 Å². The summed E-state index contributed by atoms with van der Waals surface area (Å²) in [5, 5.41) is 3.33. The molecule has 0 radical (unpaired) electrons. The maximum absolute atomic E-state index is 5.98. The van der Waals surface area contributed by atoms with Gasteiger partial charge in [-0.05, 0) is 44.1 Å². The van der Waals surface area contributed by atoms with E-state index in [2.05, 4.69) is 15.3 Å². The summed E-state index contributed by atoms with van der Waals surface area (Å²) in [6.45, 7) is 0.558. The molecule has 0 bridgehead atoms. The zero-order valence-electron chi connectivity index (χ0n) is 14.2. The Kier molecular flexibility index (Phi) is 8.08. The summed E-state index contributed by atoms with van der Waals surface area (Å²) >= 11 is 0. The number of nitrogens with one attached hydrogen (secondary N) is 1. The van der Waals surface area contributed by atoms with Crippen molar-refractivity contribution in [3.63, 3.8) is 0 Å². The van der Waals surface area contributed by atoms with E-state index < -0.39 is 0 Å². The average Bonchev–Trinajstić information content (AvgIpc) is 3.08. The monoisotopic (exact) mass is 444 g/mol. The van der Waals surface area contributed by atoms with E-state index in [1.165, 1.54) is 44.9 Å². The van der Waals surface area contributed by atoms with Crippen molar-refractivity contribution < 1.29 is 4.74 Å². The fourth-order valence-electron chi connectivity index (χ4n) is 3.43. The van der Waals surface area contributed by atoms with Crippen molar-refractivity contribution >= 4 is 29.9 Å². The van der Waals surface area contributed by atoms with Gasteiger partial charge in [0.2, 0.25) is 5.88 Å². The molecular formula is C18H29IN4O. The van der Waals surface area contributed by atoms with Gasteiger partial charge < -0.3 is 15.8 Å². The quantitative estimate of drug-likeness (QED) is 0.412. The van der Waals surface area contributed by atoms with Gasteiger partial charge in [0, 0.05) is 18.3 Å². The Balaban J connectivity index is 0.00000208. The van der Waals surface area contributed by atoms with E-state index in [1.54, 1.807) is 0 Å². The van der Waals surface area contributed by atoms with Gasteiger partial charge in [-0.15, -0.1) is 24.0 Å². The molecule has 1 aromatic heterocycles. The molecular weight excluding hydrogens is 415 g/mol. The fourth-order valence-corrected chi connectivity index (χ4v) is 3.43. The van der Waals surface area contributed by atoms with Gasteiger partial charge in [0.05, 0.1) is 6.54 Å². The first-order chi connectivity index (χ1) is 11.3. The molecule has 3 rings (SSSR count). The molecule has 6 heteroatoms. The molecule has 134 valence electrons. The van der Waals surface area contributed by atoms with Gasteiger partial charge in [-0.2, -0.15) is 0 Å². The number of hydrogen-bond donors (Lipinski definition) is 2. The molecule has 0 amide bonds. The molecule has 5 nitrogen and oxygen atoms in total. The first-order valence-corrected chi connectivity index (χ1v) is 8.97. The van der Waals surface area contributed by atoms with Gasteiger partial charge in [0.1, 0.15) is 6.10 Å². The first-order valence-electron chi connectivity index (χ1n) is 8.97. The van der Waals surface area contributed by atoms with Crippen LogP contribution in [-0.4, -0.2) is 23.1 Å². The number of pyridine rings is 1. The van der Waals surface area contributed by atoms with Crippen LogP contribution in [-0.2, 0) is 6.54 Å². The fraction of sp³-hybridized carbons (Fsp3) is 0.667. The molecule has 2 aliphatic carbocycles. The molecule has 0 unspecified atom stereocenters. The van der Waals surface area contributed by atoms with Gasteiger partial charge in [0.15, 0.2) is 5.96 Å². The minimum absolute atomic E-state index is 0. The molecule has 3 N–H and O–H groups in total. The van der Waals surface area contributed by atoms with E-state index >= 15 is 0 Å². The highest BCUT2D eigenvalue weighted by atomic mass is 127. The second-order valence-electron chi connectivity index (χ2n) is 6.71. The normalized spacial score (nSPS) is 19.8. The predicted octanol–water partition coefficient (Wildman–Crippen LogP) is 3.76. The zero-order chi connectivity index (χ0) is 15.9. The Bertz CT molecular complexity index is 508. The standard InChI is InChI=1S/C18H28N4O.HI/c19-18(22-15-6-2-1-3-7-15)21-13-14-10-11-17(20-12-14)23-16-8-4-5-9-16;/h10-12,15-16H,1-9,13H2,(H3,19,21,22);1H. The minimum atomic E-state index is 0. The second-order valence-corrected chi connectivity index (χ2v) is 6.71. The van der Waals surface area contributed by atoms with Gasteiger partial charge in [0.25, 0.3) is 0 Å². The summed E-state index contributed by atoms with van der Waals surface area (Å²) in [6, 6.07) is 4.45. The third-order valence-electron chi connectivity index (χ3n) is 4.78. The van der Waals surface area contributed by atoms with Crippen molar-refractivity contribution in [2.75, 3.05) is 0 Å². The smallest absolute Gasteiger partial charge is 0.213 e. The van der Waals surface area contributed by atoms with Crippen LogP contribution in [0.15, 0.2) is 23.3 Å². The number of nitrogens with two attached hydrogens (primary N) is 1. The first kappa shape index (κ1) is 19.3. The Morgan fingerprint density at radius 1 is 1.12 bits per heavy atom. The van der Waals surface area contributed by atoms with E-state index in [4.69, 9.17) is 10.5 Å². The average molecular weight is 444 g/mol. The second kappa shape index (κ2) is 10.1. The van der Waals surface area contributed by atoms with E-state index in [-0.39, 0.29) is 24.0 Å². The number of ether oxygens (including phenoxy) is 1. The minimum Gasteiger partial charge on any atom is -0.474 e. The number of hydrogen-bond acceptors (Lipinski definition) is 3. The van der Waals surface area contributed by atoms with Crippen molar-refractivity contribution in [2.45, 2.75) is 76.5 Å². The Morgan fingerprint density at radius 2 is 1.83 bits per heavy atom. The lowest BCUT2D eigenvalue weighted by Crippen LogP contribution is -2.41. The Hall–Kier alpha value is -1.05. The van der Waals surface area contributed by atoms with Gasteiger partial charge in [-0.3, -0.25) is 0 Å². The van der Waals surface area contributed by atoms with Crippen LogP contribution in [0.25, 0.3) is 0 Å². The van der Waals surface area contributed by atoms with E-state index in [1.807, 2.05) is 18.3 Å². The number of rotatable bonds is 5. The van der Waals surface area contributed by atoms with E-state index in [0.29, 0.717) is 24.7 Å². The van der Waals surface area contributed by atoms with Crippen LogP contribution < -0.4 is 15.8 Å². The summed E-state index contributed by atoms with van der Waals surface area (Å²) in [5.41, 5.74) is 7.04. The maximum Gasteiger partial charge on any atom is 0.213 e. The summed E-state index contributed by atoms with van der Waals surface area (Å²) in [7, 11) is 0.